The number of ether oxygens (including phenoxy) is 1. The number of anilines is 1. The van der Waals surface area contributed by atoms with Crippen LogP contribution in [-0.2, 0) is 11.3 Å². The maximum Gasteiger partial charge on any atom is 0.274 e. The van der Waals surface area contributed by atoms with Crippen LogP contribution < -0.4 is 5.32 Å². The van der Waals surface area contributed by atoms with E-state index in [1.54, 1.807) is 19.2 Å². The van der Waals surface area contributed by atoms with Crippen molar-refractivity contribution in [3.8, 4) is 0 Å². The fraction of sp³-hybridized carbons (Fsp3) is 0.143. The molecule has 0 bridgehead atoms. The quantitative estimate of drug-likeness (QED) is 0.860. The number of rotatable bonds is 4. The fourth-order valence-electron chi connectivity index (χ4n) is 1.64. The first-order valence-corrected chi connectivity index (χ1v) is 5.71. The number of aromatic nitrogens is 1. The Bertz CT molecular complexity index is 587. The van der Waals surface area contributed by atoms with E-state index in [2.05, 4.69) is 10.3 Å². The summed E-state index contributed by atoms with van der Waals surface area (Å²) < 4.78 is 17.9. The highest BCUT2D eigenvalue weighted by molar-refractivity contribution is 6.02. The second kappa shape index (κ2) is 6.06. The van der Waals surface area contributed by atoms with E-state index in [9.17, 15) is 9.18 Å². The van der Waals surface area contributed by atoms with E-state index in [-0.39, 0.29) is 5.69 Å². The number of carbonyl (C=O) groups excluding carboxylic acids is 1. The van der Waals surface area contributed by atoms with Gasteiger partial charge in [0, 0.05) is 12.8 Å². The normalized spacial score (nSPS) is 10.2. The maximum absolute atomic E-state index is 12.9. The summed E-state index contributed by atoms with van der Waals surface area (Å²) in [6.07, 6.45) is 0. The van der Waals surface area contributed by atoms with Crippen molar-refractivity contribution >= 4 is 11.6 Å². The number of nitrogens with zero attached hydrogens (tertiary/aromatic N) is 1. The van der Waals surface area contributed by atoms with Crippen molar-refractivity contribution in [1.82, 2.24) is 4.98 Å². The van der Waals surface area contributed by atoms with Gasteiger partial charge in [0.05, 0.1) is 6.61 Å². The van der Waals surface area contributed by atoms with Crippen LogP contribution in [0.3, 0.4) is 0 Å². The fourth-order valence-corrected chi connectivity index (χ4v) is 1.64. The summed E-state index contributed by atoms with van der Waals surface area (Å²) in [5, 5.41) is 2.66. The van der Waals surface area contributed by atoms with Gasteiger partial charge in [-0.15, -0.1) is 0 Å². The molecular formula is C14H13FN2O2. The number of pyridine rings is 1. The van der Waals surface area contributed by atoms with E-state index < -0.39 is 11.9 Å². The Morgan fingerprint density at radius 2 is 2.11 bits per heavy atom. The number of halogens is 1. The average Bonchev–Trinajstić information content (AvgIpc) is 2.39. The Labute approximate surface area is 110 Å². The van der Waals surface area contributed by atoms with Gasteiger partial charge in [-0.05, 0) is 29.8 Å². The predicted molar refractivity (Wildman–Crippen MR) is 69.3 cm³/mol. The summed E-state index contributed by atoms with van der Waals surface area (Å²) in [5.41, 5.74) is 1.59. The Morgan fingerprint density at radius 3 is 2.84 bits per heavy atom. The number of amides is 1. The smallest absolute Gasteiger partial charge is 0.274 e. The monoisotopic (exact) mass is 260 g/mol. The molecule has 5 heteroatoms. The number of nitrogens with one attached hydrogen (secondary N) is 1. The van der Waals surface area contributed by atoms with Crippen molar-refractivity contribution < 1.29 is 13.9 Å². The van der Waals surface area contributed by atoms with Crippen LogP contribution >= 0.6 is 0 Å². The zero-order valence-electron chi connectivity index (χ0n) is 10.4. The van der Waals surface area contributed by atoms with E-state index in [4.69, 9.17) is 4.74 Å². The van der Waals surface area contributed by atoms with Crippen LogP contribution in [0.2, 0.25) is 0 Å². The van der Waals surface area contributed by atoms with Crippen LogP contribution in [0.15, 0.2) is 42.5 Å². The third-order valence-electron chi connectivity index (χ3n) is 2.44. The first-order chi connectivity index (χ1) is 9.19. The zero-order chi connectivity index (χ0) is 13.7. The first kappa shape index (κ1) is 13.2. The Hall–Kier alpha value is -2.27. The minimum absolute atomic E-state index is 0.0390. The minimum Gasteiger partial charge on any atom is -0.380 e. The molecule has 0 spiro atoms. The van der Waals surface area contributed by atoms with Crippen molar-refractivity contribution in [2.45, 2.75) is 6.61 Å². The van der Waals surface area contributed by atoms with Gasteiger partial charge >= 0.3 is 0 Å². The van der Waals surface area contributed by atoms with Crippen molar-refractivity contribution in [3.63, 3.8) is 0 Å². The van der Waals surface area contributed by atoms with E-state index in [0.717, 1.165) is 5.56 Å². The van der Waals surface area contributed by atoms with Gasteiger partial charge in [0.1, 0.15) is 5.69 Å². The zero-order valence-corrected chi connectivity index (χ0v) is 10.4. The second-order valence-electron chi connectivity index (χ2n) is 3.93. The minimum atomic E-state index is -0.680. The summed E-state index contributed by atoms with van der Waals surface area (Å²) in [4.78, 5) is 15.4. The molecule has 19 heavy (non-hydrogen) atoms. The number of benzene rings is 1. The van der Waals surface area contributed by atoms with Crippen LogP contribution in [0.4, 0.5) is 10.1 Å². The Kier molecular flexibility index (Phi) is 4.20. The summed E-state index contributed by atoms with van der Waals surface area (Å²) in [7, 11) is 1.60. The molecule has 1 N–H and O–H groups in total. The first-order valence-electron chi connectivity index (χ1n) is 5.71. The molecule has 1 amide bonds. The predicted octanol–water partition coefficient (Wildman–Crippen LogP) is 2.62. The molecule has 2 aromatic rings. The number of carbonyl (C=O) groups is 1. The van der Waals surface area contributed by atoms with Gasteiger partial charge in [0.25, 0.3) is 5.91 Å². The lowest BCUT2D eigenvalue weighted by atomic mass is 10.2. The number of methoxy groups -OCH3 is 1. The molecule has 2 rings (SSSR count). The molecule has 0 aliphatic carbocycles. The summed E-state index contributed by atoms with van der Waals surface area (Å²) in [6.45, 7) is 0.460. The van der Waals surface area contributed by atoms with Gasteiger partial charge in [-0.1, -0.05) is 18.2 Å². The lowest BCUT2D eigenvalue weighted by molar-refractivity contribution is 0.102. The van der Waals surface area contributed by atoms with Crippen molar-refractivity contribution in [2.24, 2.45) is 0 Å². The number of hydrogen-bond donors (Lipinski definition) is 1. The molecular weight excluding hydrogens is 247 g/mol. The molecule has 0 aliphatic heterocycles. The molecule has 0 aliphatic rings. The summed E-state index contributed by atoms with van der Waals surface area (Å²) in [5.74, 6) is -1.13. The molecule has 1 aromatic carbocycles. The van der Waals surface area contributed by atoms with Crippen LogP contribution in [0.25, 0.3) is 0 Å². The maximum atomic E-state index is 12.9. The van der Waals surface area contributed by atoms with Gasteiger partial charge in [0.15, 0.2) is 0 Å². The van der Waals surface area contributed by atoms with Crippen molar-refractivity contribution in [3.05, 3.63) is 59.7 Å². The molecule has 1 aromatic heterocycles. The van der Waals surface area contributed by atoms with E-state index >= 15 is 0 Å². The highest BCUT2D eigenvalue weighted by Gasteiger charge is 2.08. The third-order valence-corrected chi connectivity index (χ3v) is 2.44. The largest absolute Gasteiger partial charge is 0.380 e. The Morgan fingerprint density at radius 1 is 1.32 bits per heavy atom. The highest BCUT2D eigenvalue weighted by Crippen LogP contribution is 2.12. The lowest BCUT2D eigenvalue weighted by Gasteiger charge is -2.06. The van der Waals surface area contributed by atoms with Crippen LogP contribution in [0.5, 0.6) is 0 Å². The Balaban J connectivity index is 2.12. The topological polar surface area (TPSA) is 51.2 Å². The second-order valence-corrected chi connectivity index (χ2v) is 3.93. The molecule has 0 unspecified atom stereocenters. The molecule has 4 nitrogen and oxygen atoms in total. The van der Waals surface area contributed by atoms with Crippen molar-refractivity contribution in [2.75, 3.05) is 12.4 Å². The van der Waals surface area contributed by atoms with Crippen LogP contribution in [-0.4, -0.2) is 18.0 Å². The van der Waals surface area contributed by atoms with Gasteiger partial charge in [-0.2, -0.15) is 4.39 Å². The molecule has 0 radical (unpaired) electrons. The average molecular weight is 260 g/mol. The third kappa shape index (κ3) is 3.59. The van der Waals surface area contributed by atoms with Crippen LogP contribution in [0.1, 0.15) is 16.1 Å². The highest BCUT2D eigenvalue weighted by atomic mass is 19.1. The van der Waals surface area contributed by atoms with E-state index in [1.807, 2.05) is 12.1 Å². The van der Waals surface area contributed by atoms with Gasteiger partial charge in [-0.3, -0.25) is 4.79 Å². The molecule has 1 heterocycles. The molecule has 98 valence electrons. The standard InChI is InChI=1S/C14H13FN2O2/c1-19-9-10-4-2-5-11(8-10)16-14(18)12-6-3-7-13(15)17-12/h2-8H,9H2,1H3,(H,16,18). The van der Waals surface area contributed by atoms with E-state index in [1.165, 1.54) is 18.2 Å². The SMILES string of the molecule is COCc1cccc(NC(=O)c2cccc(F)n2)c1. The summed E-state index contributed by atoms with van der Waals surface area (Å²) >= 11 is 0. The molecule has 0 saturated carbocycles. The van der Waals surface area contributed by atoms with Crippen LogP contribution in [0, 0.1) is 5.95 Å². The van der Waals surface area contributed by atoms with E-state index in [0.29, 0.717) is 12.3 Å². The molecule has 0 saturated heterocycles. The van der Waals surface area contributed by atoms with Crippen molar-refractivity contribution in [1.29, 1.82) is 0 Å². The lowest BCUT2D eigenvalue weighted by Crippen LogP contribution is -2.14. The van der Waals surface area contributed by atoms with Gasteiger partial charge in [-0.25, -0.2) is 4.98 Å². The summed E-state index contributed by atoms with van der Waals surface area (Å²) in [6, 6.07) is 11.3. The van der Waals surface area contributed by atoms with Gasteiger partial charge < -0.3 is 10.1 Å². The van der Waals surface area contributed by atoms with Gasteiger partial charge in [0.2, 0.25) is 5.95 Å². The number of hydrogen-bond acceptors (Lipinski definition) is 3. The molecule has 0 atom stereocenters. The molecule has 0 fully saturated rings.